The topological polar surface area (TPSA) is 64.0 Å². The highest BCUT2D eigenvalue weighted by atomic mass is 32.1. The summed E-state index contributed by atoms with van der Waals surface area (Å²) in [5, 5.41) is 2.75. The van der Waals surface area contributed by atoms with Gasteiger partial charge in [-0.25, -0.2) is 13.8 Å². The van der Waals surface area contributed by atoms with Gasteiger partial charge in [-0.3, -0.25) is 14.2 Å². The quantitative estimate of drug-likeness (QED) is 0.746. The Kier molecular flexibility index (Phi) is 4.51. The van der Waals surface area contributed by atoms with Crippen molar-refractivity contribution in [3.05, 3.63) is 57.0 Å². The summed E-state index contributed by atoms with van der Waals surface area (Å²) >= 11 is 1.53. The molecule has 2 aromatic heterocycles. The van der Waals surface area contributed by atoms with E-state index < -0.39 is 23.2 Å². The zero-order valence-corrected chi connectivity index (χ0v) is 15.4. The van der Waals surface area contributed by atoms with Crippen LogP contribution < -0.4 is 10.9 Å². The average molecular weight is 389 g/mol. The number of carbonyl (C=O) groups excluding carboxylic acids is 1. The van der Waals surface area contributed by atoms with Crippen molar-refractivity contribution in [2.75, 3.05) is 5.32 Å². The largest absolute Gasteiger partial charge is 0.320 e. The maximum atomic E-state index is 13.7. The van der Waals surface area contributed by atoms with Crippen LogP contribution in [0.2, 0.25) is 0 Å². The molecule has 0 fully saturated rings. The van der Waals surface area contributed by atoms with E-state index in [9.17, 15) is 18.4 Å². The van der Waals surface area contributed by atoms with Gasteiger partial charge in [0.15, 0.2) is 0 Å². The van der Waals surface area contributed by atoms with Crippen LogP contribution in [0, 0.1) is 17.6 Å². The molecule has 1 amide bonds. The minimum absolute atomic E-state index is 0.295. The molecule has 1 aliphatic carbocycles. The van der Waals surface area contributed by atoms with Crippen LogP contribution in [-0.4, -0.2) is 15.5 Å². The second-order valence-electron chi connectivity index (χ2n) is 6.85. The zero-order chi connectivity index (χ0) is 19.1. The molecule has 1 atom stereocenters. The minimum atomic E-state index is -0.870. The van der Waals surface area contributed by atoms with E-state index in [-0.39, 0.29) is 12.1 Å². The number of thiophene rings is 1. The molecule has 0 bridgehead atoms. The molecule has 27 heavy (non-hydrogen) atoms. The molecule has 2 heterocycles. The number of hydrogen-bond donors (Lipinski definition) is 1. The Morgan fingerprint density at radius 3 is 2.85 bits per heavy atom. The Morgan fingerprint density at radius 2 is 2.11 bits per heavy atom. The highest BCUT2D eigenvalue weighted by Gasteiger charge is 2.23. The van der Waals surface area contributed by atoms with Crippen molar-refractivity contribution in [3.63, 3.8) is 0 Å². The number of aromatic nitrogens is 2. The molecule has 0 saturated heterocycles. The number of nitrogens with zero attached hydrogens (tertiary/aromatic N) is 2. The SMILES string of the molecule is CC1CCc2c(sc3ncn(CC(=O)Nc4c(F)cccc4F)c(=O)c23)C1. The van der Waals surface area contributed by atoms with E-state index >= 15 is 0 Å². The molecule has 0 radical (unpaired) electrons. The van der Waals surface area contributed by atoms with Gasteiger partial charge in [-0.1, -0.05) is 13.0 Å². The Balaban J connectivity index is 1.64. The van der Waals surface area contributed by atoms with Crippen molar-refractivity contribution in [2.24, 2.45) is 5.92 Å². The first-order valence-corrected chi connectivity index (χ1v) is 9.49. The molecule has 1 unspecified atom stereocenters. The van der Waals surface area contributed by atoms with Crippen LogP contribution in [0.4, 0.5) is 14.5 Å². The van der Waals surface area contributed by atoms with Gasteiger partial charge < -0.3 is 5.32 Å². The van der Waals surface area contributed by atoms with Gasteiger partial charge in [-0.15, -0.1) is 11.3 Å². The normalized spacial score (nSPS) is 16.3. The molecule has 1 N–H and O–H groups in total. The molecular weight excluding hydrogens is 372 g/mol. The van der Waals surface area contributed by atoms with Crippen molar-refractivity contribution >= 4 is 33.1 Å². The second-order valence-corrected chi connectivity index (χ2v) is 7.94. The number of carbonyl (C=O) groups is 1. The summed E-state index contributed by atoms with van der Waals surface area (Å²) in [7, 11) is 0. The fraction of sp³-hybridized carbons (Fsp3) is 0.316. The van der Waals surface area contributed by atoms with Crippen molar-refractivity contribution in [2.45, 2.75) is 32.7 Å². The summed E-state index contributed by atoms with van der Waals surface area (Å²) in [6, 6.07) is 3.32. The Bertz CT molecular complexity index is 1090. The molecule has 140 valence electrons. The third-order valence-corrected chi connectivity index (χ3v) is 5.99. The molecule has 8 heteroatoms. The summed E-state index contributed by atoms with van der Waals surface area (Å²) in [6.07, 6.45) is 4.08. The van der Waals surface area contributed by atoms with Gasteiger partial charge >= 0.3 is 0 Å². The summed E-state index contributed by atoms with van der Waals surface area (Å²) in [6.45, 7) is 1.82. The predicted octanol–water partition coefficient (Wildman–Crippen LogP) is 3.50. The standard InChI is InChI=1S/C19H17F2N3O2S/c1-10-5-6-11-14(7-10)27-18-16(11)19(26)24(9-22-18)8-15(25)23-17-12(20)3-2-4-13(17)21/h2-4,9-10H,5-8H2,1H3,(H,23,25). The van der Waals surface area contributed by atoms with E-state index in [2.05, 4.69) is 17.2 Å². The van der Waals surface area contributed by atoms with Gasteiger partial charge in [0.05, 0.1) is 11.7 Å². The van der Waals surface area contributed by atoms with Crippen LogP contribution in [0.1, 0.15) is 23.8 Å². The van der Waals surface area contributed by atoms with Gasteiger partial charge in [0.25, 0.3) is 5.56 Å². The number of amides is 1. The Morgan fingerprint density at radius 1 is 1.37 bits per heavy atom. The van der Waals surface area contributed by atoms with Crippen LogP contribution in [0.25, 0.3) is 10.2 Å². The van der Waals surface area contributed by atoms with Gasteiger partial charge in [0.1, 0.15) is 28.7 Å². The number of hydrogen-bond acceptors (Lipinski definition) is 4. The number of fused-ring (bicyclic) bond motifs is 3. The van der Waals surface area contributed by atoms with Gasteiger partial charge in [-0.2, -0.15) is 0 Å². The third kappa shape index (κ3) is 3.25. The fourth-order valence-electron chi connectivity index (χ4n) is 3.43. The third-order valence-electron chi connectivity index (χ3n) is 4.82. The first-order chi connectivity index (χ1) is 12.9. The highest BCUT2D eigenvalue weighted by Crippen LogP contribution is 2.35. The monoisotopic (exact) mass is 389 g/mol. The molecule has 5 nitrogen and oxygen atoms in total. The lowest BCUT2D eigenvalue weighted by molar-refractivity contribution is -0.116. The number of nitrogens with one attached hydrogen (secondary N) is 1. The highest BCUT2D eigenvalue weighted by molar-refractivity contribution is 7.18. The van der Waals surface area contributed by atoms with Crippen LogP contribution in [-0.2, 0) is 24.2 Å². The molecule has 3 aromatic rings. The van der Waals surface area contributed by atoms with Crippen molar-refractivity contribution in [1.29, 1.82) is 0 Å². The van der Waals surface area contributed by atoms with Crippen molar-refractivity contribution in [1.82, 2.24) is 9.55 Å². The zero-order valence-electron chi connectivity index (χ0n) is 14.6. The van der Waals surface area contributed by atoms with E-state index in [1.807, 2.05) is 0 Å². The lowest BCUT2D eigenvalue weighted by atomic mass is 9.89. The smallest absolute Gasteiger partial charge is 0.262 e. The van der Waals surface area contributed by atoms with Crippen LogP contribution in [0.5, 0.6) is 0 Å². The van der Waals surface area contributed by atoms with E-state index in [0.717, 1.165) is 37.0 Å². The lowest BCUT2D eigenvalue weighted by Crippen LogP contribution is -2.28. The number of aryl methyl sites for hydroxylation is 1. The average Bonchev–Trinajstić information content (AvgIpc) is 2.99. The fourth-order valence-corrected chi connectivity index (χ4v) is 4.77. The molecule has 1 aromatic carbocycles. The molecule has 0 spiro atoms. The Hall–Kier alpha value is -2.61. The number of rotatable bonds is 3. The van der Waals surface area contributed by atoms with E-state index in [4.69, 9.17) is 0 Å². The Labute approximate surface area is 157 Å². The molecular formula is C19H17F2N3O2S. The van der Waals surface area contributed by atoms with Gasteiger partial charge in [0.2, 0.25) is 5.91 Å². The number of anilines is 1. The van der Waals surface area contributed by atoms with Crippen LogP contribution >= 0.6 is 11.3 Å². The summed E-state index contributed by atoms with van der Waals surface area (Å²) in [5.74, 6) is -1.86. The molecule has 0 aliphatic heterocycles. The number of halogens is 2. The maximum Gasteiger partial charge on any atom is 0.262 e. The summed E-state index contributed by atoms with van der Waals surface area (Å²) in [5.41, 5.74) is 0.211. The van der Waals surface area contributed by atoms with Crippen molar-refractivity contribution < 1.29 is 13.6 Å². The van der Waals surface area contributed by atoms with E-state index in [1.54, 1.807) is 0 Å². The van der Waals surface area contributed by atoms with Gasteiger partial charge in [-0.05, 0) is 42.9 Å². The van der Waals surface area contributed by atoms with Crippen LogP contribution in [0.15, 0.2) is 29.3 Å². The number of benzene rings is 1. The second kappa shape index (κ2) is 6.84. The molecule has 4 rings (SSSR count). The summed E-state index contributed by atoms with van der Waals surface area (Å²) < 4.78 is 28.5. The molecule has 1 aliphatic rings. The van der Waals surface area contributed by atoms with Gasteiger partial charge in [0, 0.05) is 4.88 Å². The molecule has 0 saturated carbocycles. The minimum Gasteiger partial charge on any atom is -0.320 e. The summed E-state index contributed by atoms with van der Waals surface area (Å²) in [4.78, 5) is 31.3. The first-order valence-electron chi connectivity index (χ1n) is 8.67. The van der Waals surface area contributed by atoms with Crippen molar-refractivity contribution in [3.8, 4) is 0 Å². The first kappa shape index (κ1) is 17.8. The predicted molar refractivity (Wildman–Crippen MR) is 100 cm³/mol. The van der Waals surface area contributed by atoms with E-state index in [0.29, 0.717) is 16.1 Å². The van der Waals surface area contributed by atoms with E-state index in [1.165, 1.54) is 33.2 Å². The number of para-hydroxylation sites is 1. The van der Waals surface area contributed by atoms with Crippen LogP contribution in [0.3, 0.4) is 0 Å². The maximum absolute atomic E-state index is 13.7. The lowest BCUT2D eigenvalue weighted by Gasteiger charge is -2.17.